The van der Waals surface area contributed by atoms with Crippen LogP contribution in [0.15, 0.2) is 48.7 Å². The summed E-state index contributed by atoms with van der Waals surface area (Å²) in [5.74, 6) is 1.04. The average Bonchev–Trinajstić information content (AvgIpc) is 2.69. The second-order valence-corrected chi connectivity index (χ2v) is 5.73. The fourth-order valence-electron chi connectivity index (χ4n) is 2.75. The molecule has 1 N–H and O–H groups in total. The minimum atomic E-state index is -0.426. The van der Waals surface area contributed by atoms with Crippen molar-refractivity contribution in [1.29, 1.82) is 0 Å². The Balaban J connectivity index is 2.11. The maximum absolute atomic E-state index is 12.5. The number of nitrogens with zero attached hydrogens (tertiary/aromatic N) is 1. The Morgan fingerprint density at radius 1 is 1.04 bits per heavy atom. The Hall–Kier alpha value is -3.28. The van der Waals surface area contributed by atoms with Crippen LogP contribution in [-0.4, -0.2) is 31.3 Å². The van der Waals surface area contributed by atoms with Crippen LogP contribution < -0.4 is 14.8 Å². The molecule has 3 aromatic rings. The van der Waals surface area contributed by atoms with Crippen molar-refractivity contribution in [2.75, 3.05) is 25.6 Å². The number of hydrogen-bond acceptors (Lipinski definition) is 6. The van der Waals surface area contributed by atoms with Crippen molar-refractivity contribution < 1.29 is 19.0 Å². The first kappa shape index (κ1) is 18.5. The highest BCUT2D eigenvalue weighted by Crippen LogP contribution is 2.32. The summed E-state index contributed by atoms with van der Waals surface area (Å²) < 4.78 is 16.0. The van der Waals surface area contributed by atoms with Gasteiger partial charge in [-0.2, -0.15) is 0 Å². The van der Waals surface area contributed by atoms with Gasteiger partial charge in [0.25, 0.3) is 0 Å². The van der Waals surface area contributed by atoms with Gasteiger partial charge in [-0.3, -0.25) is 4.98 Å². The van der Waals surface area contributed by atoms with Crippen molar-refractivity contribution in [3.63, 3.8) is 0 Å². The highest BCUT2D eigenvalue weighted by atomic mass is 16.5. The first-order valence-electron chi connectivity index (χ1n) is 8.80. The summed E-state index contributed by atoms with van der Waals surface area (Å²) in [7, 11) is 1.62. The van der Waals surface area contributed by atoms with Crippen molar-refractivity contribution >= 4 is 28.2 Å². The Labute approximate surface area is 158 Å². The van der Waals surface area contributed by atoms with Crippen LogP contribution in [-0.2, 0) is 4.74 Å². The maximum atomic E-state index is 12.5. The molecule has 27 heavy (non-hydrogen) atoms. The summed E-state index contributed by atoms with van der Waals surface area (Å²) in [5, 5.41) is 4.10. The molecule has 0 aliphatic heterocycles. The summed E-state index contributed by atoms with van der Waals surface area (Å²) in [6.07, 6.45) is 1.53. The molecule has 1 heterocycles. The van der Waals surface area contributed by atoms with Gasteiger partial charge in [-0.15, -0.1) is 0 Å². The molecule has 140 valence electrons. The third-order valence-corrected chi connectivity index (χ3v) is 4.01. The highest BCUT2D eigenvalue weighted by molar-refractivity contribution is 6.06. The molecule has 0 amide bonds. The number of rotatable bonds is 7. The zero-order chi connectivity index (χ0) is 19.2. The molecule has 1 aromatic heterocycles. The topological polar surface area (TPSA) is 69.7 Å². The minimum absolute atomic E-state index is 0.290. The molecule has 0 aliphatic rings. The third-order valence-electron chi connectivity index (χ3n) is 4.01. The van der Waals surface area contributed by atoms with Gasteiger partial charge in [-0.25, -0.2) is 4.79 Å². The number of carbonyl (C=O) groups excluding carboxylic acids is 1. The molecule has 3 rings (SSSR count). The molecule has 0 atom stereocenters. The van der Waals surface area contributed by atoms with Crippen LogP contribution in [0.25, 0.3) is 10.9 Å². The number of benzene rings is 2. The number of esters is 1. The van der Waals surface area contributed by atoms with Crippen LogP contribution in [0, 0.1) is 0 Å². The zero-order valence-corrected chi connectivity index (χ0v) is 15.6. The van der Waals surface area contributed by atoms with Crippen LogP contribution >= 0.6 is 0 Å². The molecule has 0 bridgehead atoms. The van der Waals surface area contributed by atoms with E-state index in [-0.39, 0.29) is 6.61 Å². The summed E-state index contributed by atoms with van der Waals surface area (Å²) in [6, 6.07) is 13.1. The van der Waals surface area contributed by atoms with E-state index in [1.165, 1.54) is 6.20 Å². The van der Waals surface area contributed by atoms with Crippen molar-refractivity contribution in [1.82, 2.24) is 4.98 Å². The van der Waals surface area contributed by atoms with Gasteiger partial charge < -0.3 is 19.5 Å². The Morgan fingerprint density at radius 2 is 1.78 bits per heavy atom. The summed E-state index contributed by atoms with van der Waals surface area (Å²) in [5.41, 5.74) is 2.57. The molecule has 6 nitrogen and oxygen atoms in total. The van der Waals surface area contributed by atoms with Crippen molar-refractivity contribution in [3.05, 3.63) is 54.2 Å². The molecule has 6 heteroatoms. The number of carbonyl (C=O) groups is 1. The van der Waals surface area contributed by atoms with Gasteiger partial charge in [0.1, 0.15) is 17.1 Å². The van der Waals surface area contributed by atoms with E-state index in [4.69, 9.17) is 14.2 Å². The minimum Gasteiger partial charge on any atom is -0.497 e. The molecule has 0 saturated heterocycles. The van der Waals surface area contributed by atoms with Crippen LogP contribution in [0.2, 0.25) is 0 Å². The smallest absolute Gasteiger partial charge is 0.341 e. The van der Waals surface area contributed by atoms with Gasteiger partial charge >= 0.3 is 5.97 Å². The molecule has 0 aliphatic carbocycles. The Bertz CT molecular complexity index is 939. The normalized spacial score (nSPS) is 10.5. The molecule has 2 aromatic carbocycles. The number of fused-ring (bicyclic) bond motifs is 1. The third kappa shape index (κ3) is 4.11. The second kappa shape index (κ2) is 8.40. The van der Waals surface area contributed by atoms with Crippen molar-refractivity contribution in [3.8, 4) is 11.5 Å². The Morgan fingerprint density at radius 3 is 2.44 bits per heavy atom. The van der Waals surface area contributed by atoms with Crippen LogP contribution in [0.5, 0.6) is 11.5 Å². The van der Waals surface area contributed by atoms with E-state index in [9.17, 15) is 4.79 Å². The number of ether oxygens (including phenoxy) is 3. The van der Waals surface area contributed by atoms with Gasteiger partial charge in [0.15, 0.2) is 0 Å². The van der Waals surface area contributed by atoms with E-state index >= 15 is 0 Å². The molecule has 0 radical (unpaired) electrons. The number of pyridine rings is 1. The average molecular weight is 366 g/mol. The summed E-state index contributed by atoms with van der Waals surface area (Å²) in [4.78, 5) is 16.9. The molecular formula is C21H22N2O4. The van der Waals surface area contributed by atoms with Crippen molar-refractivity contribution in [2.24, 2.45) is 0 Å². The first-order valence-corrected chi connectivity index (χ1v) is 8.80. The quantitative estimate of drug-likeness (QED) is 0.618. The maximum Gasteiger partial charge on any atom is 0.341 e. The van der Waals surface area contributed by atoms with Crippen LogP contribution in [0.4, 0.5) is 11.4 Å². The lowest BCUT2D eigenvalue weighted by atomic mass is 10.1. The largest absolute Gasteiger partial charge is 0.497 e. The second-order valence-electron chi connectivity index (χ2n) is 5.73. The summed E-state index contributed by atoms with van der Waals surface area (Å²) >= 11 is 0. The SMILES string of the molecule is CCOC(=O)c1cnc2ccc(OCC)cc2c1Nc1ccc(OC)cc1. The molecular weight excluding hydrogens is 344 g/mol. The lowest BCUT2D eigenvalue weighted by Gasteiger charge is -2.15. The number of aromatic nitrogens is 1. The zero-order valence-electron chi connectivity index (χ0n) is 15.6. The van der Waals surface area contributed by atoms with Crippen LogP contribution in [0.1, 0.15) is 24.2 Å². The van der Waals surface area contributed by atoms with Gasteiger partial charge in [0.05, 0.1) is 31.5 Å². The lowest BCUT2D eigenvalue weighted by molar-refractivity contribution is 0.0527. The van der Waals surface area contributed by atoms with E-state index in [2.05, 4.69) is 10.3 Å². The van der Waals surface area contributed by atoms with Crippen LogP contribution in [0.3, 0.4) is 0 Å². The van der Waals surface area contributed by atoms with Gasteiger partial charge in [0.2, 0.25) is 0 Å². The first-order chi connectivity index (χ1) is 13.2. The van der Waals surface area contributed by atoms with E-state index in [0.717, 1.165) is 22.3 Å². The lowest BCUT2D eigenvalue weighted by Crippen LogP contribution is -2.09. The number of anilines is 2. The van der Waals surface area contributed by atoms with E-state index < -0.39 is 5.97 Å². The fraction of sp³-hybridized carbons (Fsp3) is 0.238. The predicted molar refractivity (Wildman–Crippen MR) is 105 cm³/mol. The molecule has 0 spiro atoms. The molecule has 0 fully saturated rings. The fourth-order valence-corrected chi connectivity index (χ4v) is 2.75. The monoisotopic (exact) mass is 366 g/mol. The molecule has 0 saturated carbocycles. The highest BCUT2D eigenvalue weighted by Gasteiger charge is 2.17. The standard InChI is InChI=1S/C21H22N2O4/c1-4-26-16-10-11-19-17(12-16)20(18(13-22-19)21(24)27-5-2)23-14-6-8-15(25-3)9-7-14/h6-13H,4-5H2,1-3H3,(H,22,23). The number of hydrogen-bond donors (Lipinski definition) is 1. The van der Waals surface area contributed by atoms with E-state index in [1.54, 1.807) is 14.0 Å². The van der Waals surface area contributed by atoms with Gasteiger partial charge in [-0.05, 0) is 56.3 Å². The predicted octanol–water partition coefficient (Wildman–Crippen LogP) is 4.56. The van der Waals surface area contributed by atoms with Gasteiger partial charge in [-0.1, -0.05) is 0 Å². The van der Waals surface area contributed by atoms with Gasteiger partial charge in [0, 0.05) is 17.3 Å². The molecule has 0 unspecified atom stereocenters. The number of methoxy groups -OCH3 is 1. The van der Waals surface area contributed by atoms with E-state index in [1.807, 2.05) is 49.4 Å². The number of nitrogens with one attached hydrogen (secondary N) is 1. The Kier molecular flexibility index (Phi) is 5.76. The van der Waals surface area contributed by atoms with E-state index in [0.29, 0.717) is 23.6 Å². The van der Waals surface area contributed by atoms with Crippen molar-refractivity contribution in [2.45, 2.75) is 13.8 Å². The summed E-state index contributed by atoms with van der Waals surface area (Å²) in [6.45, 7) is 4.54.